The van der Waals surface area contributed by atoms with Crippen molar-refractivity contribution >= 4 is 17.2 Å². The van der Waals surface area contributed by atoms with E-state index in [4.69, 9.17) is 4.74 Å². The maximum absolute atomic E-state index is 12.7. The second kappa shape index (κ2) is 6.39. The predicted octanol–water partition coefficient (Wildman–Crippen LogP) is 3.16. The van der Waals surface area contributed by atoms with E-state index < -0.39 is 11.7 Å². The van der Waals surface area contributed by atoms with E-state index in [-0.39, 0.29) is 17.9 Å². The van der Waals surface area contributed by atoms with E-state index in [1.165, 1.54) is 11.3 Å². The standard InChI is InChI=1S/C15H14F3N3O2S/c1-9-20-12(8-24-9)14(22)21-5-3-11(7-21)23-13-6-10(2-4-19-13)15(16,17)18/h2,4,6,8,11H,3,5,7H2,1H3/t11-/m1/s1. The van der Waals surface area contributed by atoms with Gasteiger partial charge in [-0.3, -0.25) is 4.79 Å². The molecule has 1 aliphatic rings. The lowest BCUT2D eigenvalue weighted by Gasteiger charge is -2.16. The molecule has 3 heterocycles. The molecule has 1 aliphatic heterocycles. The van der Waals surface area contributed by atoms with E-state index in [2.05, 4.69) is 9.97 Å². The Morgan fingerprint density at radius 2 is 2.25 bits per heavy atom. The van der Waals surface area contributed by atoms with Gasteiger partial charge in [0.25, 0.3) is 5.91 Å². The van der Waals surface area contributed by atoms with Crippen LogP contribution in [-0.4, -0.2) is 40.0 Å². The molecule has 0 radical (unpaired) electrons. The van der Waals surface area contributed by atoms with Crippen LogP contribution in [0.25, 0.3) is 0 Å². The largest absolute Gasteiger partial charge is 0.472 e. The highest BCUT2D eigenvalue weighted by Gasteiger charge is 2.32. The number of halogens is 3. The first-order valence-corrected chi connectivity index (χ1v) is 8.12. The van der Waals surface area contributed by atoms with E-state index in [1.54, 1.807) is 10.3 Å². The summed E-state index contributed by atoms with van der Waals surface area (Å²) in [7, 11) is 0. The van der Waals surface area contributed by atoms with Crippen LogP contribution >= 0.6 is 11.3 Å². The Balaban J connectivity index is 1.63. The Bertz CT molecular complexity index is 748. The fourth-order valence-electron chi connectivity index (χ4n) is 2.45. The topological polar surface area (TPSA) is 55.3 Å². The van der Waals surface area contributed by atoms with Crippen molar-refractivity contribution in [3.63, 3.8) is 0 Å². The summed E-state index contributed by atoms with van der Waals surface area (Å²) in [6.07, 6.45) is -3.23. The summed E-state index contributed by atoms with van der Waals surface area (Å²) < 4.78 is 43.6. The third-order valence-corrected chi connectivity index (χ3v) is 4.39. The predicted molar refractivity (Wildman–Crippen MR) is 81.0 cm³/mol. The summed E-state index contributed by atoms with van der Waals surface area (Å²) >= 11 is 1.39. The molecule has 128 valence electrons. The van der Waals surface area contributed by atoms with Gasteiger partial charge < -0.3 is 9.64 Å². The van der Waals surface area contributed by atoms with Gasteiger partial charge in [0.1, 0.15) is 11.8 Å². The number of hydrogen-bond donors (Lipinski definition) is 0. The first-order valence-electron chi connectivity index (χ1n) is 7.24. The van der Waals surface area contributed by atoms with Crippen molar-refractivity contribution in [2.45, 2.75) is 25.6 Å². The molecule has 0 bridgehead atoms. The van der Waals surface area contributed by atoms with Gasteiger partial charge in [-0.25, -0.2) is 9.97 Å². The monoisotopic (exact) mass is 357 g/mol. The molecule has 2 aromatic heterocycles. The molecule has 0 unspecified atom stereocenters. The lowest BCUT2D eigenvalue weighted by atomic mass is 10.2. The molecule has 9 heteroatoms. The zero-order chi connectivity index (χ0) is 17.3. The molecule has 1 amide bonds. The van der Waals surface area contributed by atoms with E-state index in [1.807, 2.05) is 6.92 Å². The molecular formula is C15H14F3N3O2S. The maximum Gasteiger partial charge on any atom is 0.416 e. The first-order chi connectivity index (χ1) is 11.3. The van der Waals surface area contributed by atoms with Crippen LogP contribution in [0.5, 0.6) is 5.88 Å². The van der Waals surface area contributed by atoms with E-state index >= 15 is 0 Å². The minimum Gasteiger partial charge on any atom is -0.472 e. The smallest absolute Gasteiger partial charge is 0.416 e. The van der Waals surface area contributed by atoms with Crippen molar-refractivity contribution in [3.8, 4) is 5.88 Å². The minimum atomic E-state index is -4.44. The number of likely N-dealkylation sites (tertiary alicyclic amines) is 1. The number of rotatable bonds is 3. The molecule has 1 atom stereocenters. The molecule has 0 saturated carbocycles. The summed E-state index contributed by atoms with van der Waals surface area (Å²) in [5.41, 5.74) is -0.424. The lowest BCUT2D eigenvalue weighted by molar-refractivity contribution is -0.137. The Labute approximate surface area is 140 Å². The van der Waals surface area contributed by atoms with Crippen molar-refractivity contribution in [1.29, 1.82) is 0 Å². The summed E-state index contributed by atoms with van der Waals surface area (Å²) in [6, 6.07) is 1.76. The Morgan fingerprint density at radius 1 is 1.46 bits per heavy atom. The van der Waals surface area contributed by atoms with Crippen LogP contribution in [0, 0.1) is 6.92 Å². The number of ether oxygens (including phenoxy) is 1. The van der Waals surface area contributed by atoms with Gasteiger partial charge in [0, 0.05) is 30.6 Å². The molecule has 0 aliphatic carbocycles. The fourth-order valence-corrected chi connectivity index (χ4v) is 3.04. The van der Waals surface area contributed by atoms with E-state index in [0.717, 1.165) is 23.3 Å². The maximum atomic E-state index is 12.7. The summed E-state index contributed by atoms with van der Waals surface area (Å²) in [5.74, 6) is -0.281. The Morgan fingerprint density at radius 3 is 2.92 bits per heavy atom. The van der Waals surface area contributed by atoms with Crippen LogP contribution in [-0.2, 0) is 6.18 Å². The van der Waals surface area contributed by atoms with E-state index in [0.29, 0.717) is 25.2 Å². The lowest BCUT2D eigenvalue weighted by Crippen LogP contribution is -2.31. The van der Waals surface area contributed by atoms with Gasteiger partial charge in [0.15, 0.2) is 0 Å². The number of thiazole rings is 1. The van der Waals surface area contributed by atoms with Crippen LogP contribution in [0.1, 0.15) is 27.5 Å². The van der Waals surface area contributed by atoms with Gasteiger partial charge in [0.2, 0.25) is 5.88 Å². The molecule has 1 fully saturated rings. The Kier molecular flexibility index (Phi) is 4.44. The highest BCUT2D eigenvalue weighted by atomic mass is 32.1. The van der Waals surface area contributed by atoms with Crippen LogP contribution in [0.2, 0.25) is 0 Å². The van der Waals surface area contributed by atoms with Gasteiger partial charge in [-0.1, -0.05) is 0 Å². The third kappa shape index (κ3) is 3.66. The van der Waals surface area contributed by atoms with Crippen molar-refractivity contribution in [2.75, 3.05) is 13.1 Å². The second-order valence-corrected chi connectivity index (χ2v) is 6.47. The molecule has 0 spiro atoms. The molecular weight excluding hydrogens is 343 g/mol. The number of aryl methyl sites for hydroxylation is 1. The normalized spacial score (nSPS) is 18.0. The van der Waals surface area contributed by atoms with Gasteiger partial charge in [-0.15, -0.1) is 11.3 Å². The highest BCUT2D eigenvalue weighted by Crippen LogP contribution is 2.31. The summed E-state index contributed by atoms with van der Waals surface area (Å²) in [4.78, 5) is 21.8. The molecule has 0 aromatic carbocycles. The zero-order valence-electron chi connectivity index (χ0n) is 12.7. The van der Waals surface area contributed by atoms with Crippen LogP contribution in [0.15, 0.2) is 23.7 Å². The van der Waals surface area contributed by atoms with Crippen molar-refractivity contribution < 1.29 is 22.7 Å². The quantitative estimate of drug-likeness (QED) is 0.847. The van der Waals surface area contributed by atoms with Gasteiger partial charge in [-0.2, -0.15) is 13.2 Å². The Hall–Kier alpha value is -2.16. The number of carbonyl (C=O) groups is 1. The number of aromatic nitrogens is 2. The average molecular weight is 357 g/mol. The molecule has 3 rings (SSSR count). The number of amides is 1. The zero-order valence-corrected chi connectivity index (χ0v) is 13.5. The third-order valence-electron chi connectivity index (χ3n) is 3.62. The first kappa shape index (κ1) is 16.7. The number of nitrogens with zero attached hydrogens (tertiary/aromatic N) is 3. The van der Waals surface area contributed by atoms with Crippen molar-refractivity contribution in [1.82, 2.24) is 14.9 Å². The fraction of sp³-hybridized carbons (Fsp3) is 0.400. The molecule has 2 aromatic rings. The van der Waals surface area contributed by atoms with E-state index in [9.17, 15) is 18.0 Å². The summed E-state index contributed by atoms with van der Waals surface area (Å²) in [6.45, 7) is 2.59. The average Bonchev–Trinajstić information content (AvgIpc) is 3.15. The SMILES string of the molecule is Cc1nc(C(=O)N2CC[C@@H](Oc3cc(C(F)(F)F)ccn3)C2)cs1. The second-order valence-electron chi connectivity index (χ2n) is 5.41. The van der Waals surface area contributed by atoms with Crippen LogP contribution < -0.4 is 4.74 Å². The number of pyridine rings is 1. The molecule has 1 saturated heterocycles. The number of alkyl halides is 3. The minimum absolute atomic E-state index is 0.0892. The molecule has 0 N–H and O–H groups in total. The van der Waals surface area contributed by atoms with Crippen LogP contribution in [0.4, 0.5) is 13.2 Å². The number of hydrogen-bond acceptors (Lipinski definition) is 5. The highest BCUT2D eigenvalue weighted by molar-refractivity contribution is 7.09. The van der Waals surface area contributed by atoms with Crippen molar-refractivity contribution in [2.24, 2.45) is 0 Å². The van der Waals surface area contributed by atoms with Crippen LogP contribution in [0.3, 0.4) is 0 Å². The molecule has 24 heavy (non-hydrogen) atoms. The summed E-state index contributed by atoms with van der Waals surface area (Å²) in [5, 5.41) is 2.50. The molecule has 5 nitrogen and oxygen atoms in total. The van der Waals surface area contributed by atoms with Gasteiger partial charge in [0.05, 0.1) is 17.1 Å². The van der Waals surface area contributed by atoms with Gasteiger partial charge >= 0.3 is 6.18 Å². The van der Waals surface area contributed by atoms with Gasteiger partial charge in [-0.05, 0) is 13.0 Å². The number of carbonyl (C=O) groups excluding carboxylic acids is 1. The van der Waals surface area contributed by atoms with Crippen molar-refractivity contribution in [3.05, 3.63) is 40.0 Å².